The Balaban J connectivity index is 1.41. The van der Waals surface area contributed by atoms with Crippen molar-refractivity contribution in [1.29, 1.82) is 0 Å². The van der Waals surface area contributed by atoms with Gasteiger partial charge in [-0.25, -0.2) is 0 Å². The van der Waals surface area contributed by atoms with E-state index in [1.165, 1.54) is 30.9 Å². The third kappa shape index (κ3) is 4.68. The number of hydrogen-bond donors (Lipinski definition) is 0. The summed E-state index contributed by atoms with van der Waals surface area (Å²) < 4.78 is 35.7. The van der Waals surface area contributed by atoms with Crippen LogP contribution in [0, 0.1) is 0 Å². The summed E-state index contributed by atoms with van der Waals surface area (Å²) in [7, 11) is 6.34. The molecular formula is C39H38N4O6. The number of methoxy groups -OCH3 is 4. The van der Waals surface area contributed by atoms with E-state index in [4.69, 9.17) is 38.4 Å². The van der Waals surface area contributed by atoms with Gasteiger partial charge in [-0.1, -0.05) is 56.3 Å². The van der Waals surface area contributed by atoms with Gasteiger partial charge in [0.2, 0.25) is 5.60 Å². The highest BCUT2D eigenvalue weighted by Crippen LogP contribution is 2.59. The smallest absolute Gasteiger partial charge is 0.322 e. The van der Waals surface area contributed by atoms with E-state index in [9.17, 15) is 0 Å². The van der Waals surface area contributed by atoms with E-state index >= 15 is 0 Å². The largest absolute Gasteiger partial charge is 0.493 e. The van der Waals surface area contributed by atoms with Crippen molar-refractivity contribution in [3.05, 3.63) is 94.8 Å². The number of ether oxygens (including phenoxy) is 6. The number of anilines is 1. The van der Waals surface area contributed by atoms with Crippen LogP contribution in [0.2, 0.25) is 0 Å². The van der Waals surface area contributed by atoms with Crippen LogP contribution in [0.4, 0.5) is 5.69 Å². The Morgan fingerprint density at radius 1 is 0.755 bits per heavy atom. The lowest BCUT2D eigenvalue weighted by atomic mass is 9.77. The van der Waals surface area contributed by atoms with Crippen molar-refractivity contribution < 1.29 is 28.4 Å². The van der Waals surface area contributed by atoms with Crippen LogP contribution in [0.25, 0.3) is 28.0 Å². The van der Waals surface area contributed by atoms with Gasteiger partial charge in [-0.15, -0.1) is 4.98 Å². The minimum absolute atomic E-state index is 0.121. The summed E-state index contributed by atoms with van der Waals surface area (Å²) in [5, 5.41) is 1.88. The van der Waals surface area contributed by atoms with Gasteiger partial charge in [-0.2, -0.15) is 9.97 Å². The highest BCUT2D eigenvalue weighted by Gasteiger charge is 2.46. The monoisotopic (exact) mass is 658 g/mol. The standard InChI is InChI=1S/C39H38N4O6/c1-38(2)29-10-8-7-9-25(29)32-27-21-30(44-3)31(45-4)22-28(27)34-26(33(32)38)15-16-39(49-34,35-40-36(46-5)42-37(41-35)47-6)23-11-13-24(14-12-23)43-17-19-48-20-18-43/h7-16,21-22H,17-20H2,1-6H3. The molecule has 49 heavy (non-hydrogen) atoms. The van der Waals surface area contributed by atoms with E-state index in [0.717, 1.165) is 46.2 Å². The Morgan fingerprint density at radius 2 is 1.41 bits per heavy atom. The fourth-order valence-electron chi connectivity index (χ4n) is 7.61. The van der Waals surface area contributed by atoms with Crippen molar-refractivity contribution in [3.8, 4) is 40.4 Å². The summed E-state index contributed by atoms with van der Waals surface area (Å²) in [4.78, 5) is 16.1. The van der Waals surface area contributed by atoms with Gasteiger partial charge in [0.05, 0.1) is 41.7 Å². The first kappa shape index (κ1) is 31.0. The van der Waals surface area contributed by atoms with Gasteiger partial charge in [0.25, 0.3) is 0 Å². The first-order chi connectivity index (χ1) is 23.8. The molecule has 250 valence electrons. The molecule has 3 heterocycles. The predicted molar refractivity (Wildman–Crippen MR) is 187 cm³/mol. The molecule has 5 aromatic rings. The molecule has 1 saturated heterocycles. The molecule has 10 nitrogen and oxygen atoms in total. The summed E-state index contributed by atoms with van der Waals surface area (Å²) in [6.45, 7) is 7.60. The Labute approximate surface area is 285 Å². The molecule has 8 rings (SSSR count). The first-order valence-corrected chi connectivity index (χ1v) is 16.3. The third-order valence-electron chi connectivity index (χ3n) is 10.0. The van der Waals surface area contributed by atoms with Crippen LogP contribution in [0.1, 0.15) is 41.9 Å². The van der Waals surface area contributed by atoms with Gasteiger partial charge in [-0.3, -0.25) is 0 Å². The van der Waals surface area contributed by atoms with Crippen LogP contribution in [0.3, 0.4) is 0 Å². The third-order valence-corrected chi connectivity index (χ3v) is 10.0. The molecule has 10 heteroatoms. The number of benzene rings is 4. The van der Waals surface area contributed by atoms with Crippen molar-refractivity contribution in [3.63, 3.8) is 0 Å². The molecule has 0 spiro atoms. The van der Waals surface area contributed by atoms with Crippen LogP contribution < -0.4 is 28.6 Å². The highest BCUT2D eigenvalue weighted by atomic mass is 16.5. The molecule has 4 aromatic carbocycles. The second kappa shape index (κ2) is 11.7. The molecule has 0 amide bonds. The van der Waals surface area contributed by atoms with Crippen molar-refractivity contribution in [1.82, 2.24) is 15.0 Å². The maximum Gasteiger partial charge on any atom is 0.322 e. The number of nitrogens with zero attached hydrogens (tertiary/aromatic N) is 4. The second-order valence-electron chi connectivity index (χ2n) is 12.9. The predicted octanol–water partition coefficient (Wildman–Crippen LogP) is 6.55. The summed E-state index contributed by atoms with van der Waals surface area (Å²) in [6.07, 6.45) is 4.19. The maximum absolute atomic E-state index is 7.40. The molecule has 1 unspecified atom stereocenters. The SMILES string of the molecule is COc1nc(OC)nc(C2(c3ccc(N4CCOCC4)cc3)C=Cc3c4c(c5cc(OC)c(OC)cc5c3O2)-c2ccccc2C4(C)C)n1. The maximum atomic E-state index is 7.40. The van der Waals surface area contributed by atoms with E-state index in [1.54, 1.807) is 14.2 Å². The van der Waals surface area contributed by atoms with Gasteiger partial charge in [0.15, 0.2) is 17.3 Å². The molecule has 0 N–H and O–H groups in total. The summed E-state index contributed by atoms with van der Waals surface area (Å²) in [5.41, 5.74) is 6.13. The van der Waals surface area contributed by atoms with E-state index < -0.39 is 5.60 Å². The summed E-state index contributed by atoms with van der Waals surface area (Å²) in [6, 6.07) is 21.3. The van der Waals surface area contributed by atoms with E-state index in [0.29, 0.717) is 36.3 Å². The van der Waals surface area contributed by atoms with Gasteiger partial charge in [0.1, 0.15) is 5.75 Å². The van der Waals surface area contributed by atoms with Gasteiger partial charge in [-0.05, 0) is 58.0 Å². The van der Waals surface area contributed by atoms with E-state index in [-0.39, 0.29) is 17.4 Å². The Morgan fingerprint density at radius 3 is 2.06 bits per heavy atom. The van der Waals surface area contributed by atoms with Gasteiger partial charge in [0, 0.05) is 40.7 Å². The summed E-state index contributed by atoms with van der Waals surface area (Å²) >= 11 is 0. The molecule has 1 aliphatic carbocycles. The number of fused-ring (bicyclic) bond motifs is 8. The highest BCUT2D eigenvalue weighted by molar-refractivity contribution is 6.09. The average molecular weight is 659 g/mol. The lowest BCUT2D eigenvalue weighted by molar-refractivity contribution is 0.122. The molecule has 2 aliphatic heterocycles. The number of rotatable bonds is 7. The molecule has 1 atom stereocenters. The Kier molecular flexibility index (Phi) is 7.37. The molecule has 0 radical (unpaired) electrons. The molecule has 0 saturated carbocycles. The molecule has 0 bridgehead atoms. The fraction of sp³-hybridized carbons (Fsp3) is 0.308. The van der Waals surface area contributed by atoms with Crippen LogP contribution in [-0.4, -0.2) is 69.7 Å². The summed E-state index contributed by atoms with van der Waals surface area (Å²) in [5.74, 6) is 2.26. The number of aromatic nitrogens is 3. The van der Waals surface area contributed by atoms with Crippen LogP contribution in [0.15, 0.2) is 66.7 Å². The van der Waals surface area contributed by atoms with Crippen molar-refractivity contribution in [2.24, 2.45) is 0 Å². The quantitative estimate of drug-likeness (QED) is 0.192. The van der Waals surface area contributed by atoms with Gasteiger partial charge >= 0.3 is 12.0 Å². The fourth-order valence-corrected chi connectivity index (χ4v) is 7.61. The Bertz CT molecular complexity index is 2100. The van der Waals surface area contributed by atoms with E-state index in [2.05, 4.69) is 84.4 Å². The zero-order chi connectivity index (χ0) is 33.9. The molecular weight excluding hydrogens is 620 g/mol. The van der Waals surface area contributed by atoms with Crippen LogP contribution >= 0.6 is 0 Å². The first-order valence-electron chi connectivity index (χ1n) is 16.3. The topological polar surface area (TPSA) is 97.3 Å². The zero-order valence-corrected chi connectivity index (χ0v) is 28.5. The van der Waals surface area contributed by atoms with Gasteiger partial charge < -0.3 is 33.3 Å². The Hall–Kier alpha value is -5.35. The van der Waals surface area contributed by atoms with Crippen molar-refractivity contribution in [2.45, 2.75) is 24.9 Å². The minimum atomic E-state index is -1.27. The zero-order valence-electron chi connectivity index (χ0n) is 28.5. The lowest BCUT2D eigenvalue weighted by Gasteiger charge is -2.37. The molecule has 1 aromatic heterocycles. The molecule has 1 fully saturated rings. The average Bonchev–Trinajstić information content (AvgIpc) is 3.40. The number of hydrogen-bond acceptors (Lipinski definition) is 10. The second-order valence-corrected chi connectivity index (χ2v) is 12.9. The minimum Gasteiger partial charge on any atom is -0.493 e. The molecule has 3 aliphatic rings. The lowest BCUT2D eigenvalue weighted by Crippen LogP contribution is -2.38. The van der Waals surface area contributed by atoms with Crippen LogP contribution in [-0.2, 0) is 15.8 Å². The normalized spacial score (nSPS) is 18.7. The van der Waals surface area contributed by atoms with Crippen molar-refractivity contribution in [2.75, 3.05) is 59.6 Å². The van der Waals surface area contributed by atoms with Crippen LogP contribution in [0.5, 0.6) is 29.3 Å². The van der Waals surface area contributed by atoms with E-state index in [1.807, 2.05) is 12.1 Å². The number of morpholine rings is 1. The van der Waals surface area contributed by atoms with Crippen molar-refractivity contribution >= 4 is 22.5 Å².